The molecule has 0 saturated heterocycles. The van der Waals surface area contributed by atoms with E-state index in [1.807, 2.05) is 37.3 Å². The van der Waals surface area contributed by atoms with Gasteiger partial charge < -0.3 is 14.6 Å². The maximum atomic E-state index is 12.4. The first-order chi connectivity index (χ1) is 13.6. The van der Waals surface area contributed by atoms with E-state index >= 15 is 0 Å². The van der Waals surface area contributed by atoms with Gasteiger partial charge in [-0.15, -0.1) is 0 Å². The number of ether oxygens (including phenoxy) is 1. The van der Waals surface area contributed by atoms with Crippen LogP contribution in [0.4, 0.5) is 5.69 Å². The number of benzene rings is 2. The molecule has 2 amide bonds. The van der Waals surface area contributed by atoms with Gasteiger partial charge in [0.15, 0.2) is 6.61 Å². The van der Waals surface area contributed by atoms with Crippen LogP contribution in [0, 0.1) is 6.92 Å². The molecule has 0 radical (unpaired) electrons. The number of anilines is 1. The lowest BCUT2D eigenvalue weighted by atomic mass is 10.1. The predicted molar refractivity (Wildman–Crippen MR) is 109 cm³/mol. The third kappa shape index (κ3) is 3.71. The third-order valence-corrected chi connectivity index (χ3v) is 4.94. The van der Waals surface area contributed by atoms with Gasteiger partial charge in [0.25, 0.3) is 5.91 Å². The molecule has 0 fully saturated rings. The SMILES string of the molecule is Cc1ccc2c(c1)N(CC(=O)NCCCn1ccc3ccccc31)C(=O)CO2. The highest BCUT2D eigenvalue weighted by atomic mass is 16.5. The van der Waals surface area contributed by atoms with Crippen LogP contribution < -0.4 is 15.0 Å². The number of hydrogen-bond acceptors (Lipinski definition) is 3. The summed E-state index contributed by atoms with van der Waals surface area (Å²) < 4.78 is 7.64. The van der Waals surface area contributed by atoms with E-state index in [0.29, 0.717) is 18.0 Å². The lowest BCUT2D eigenvalue weighted by Crippen LogP contribution is -2.45. The van der Waals surface area contributed by atoms with Crippen molar-refractivity contribution in [3.05, 3.63) is 60.3 Å². The first-order valence-corrected chi connectivity index (χ1v) is 9.46. The van der Waals surface area contributed by atoms with Crippen molar-refractivity contribution in [2.24, 2.45) is 0 Å². The summed E-state index contributed by atoms with van der Waals surface area (Å²) in [6, 6.07) is 16.0. The first kappa shape index (κ1) is 18.1. The second-order valence-corrected chi connectivity index (χ2v) is 7.01. The van der Waals surface area contributed by atoms with E-state index in [2.05, 4.69) is 34.3 Å². The minimum Gasteiger partial charge on any atom is -0.482 e. The van der Waals surface area contributed by atoms with E-state index < -0.39 is 0 Å². The summed E-state index contributed by atoms with van der Waals surface area (Å²) >= 11 is 0. The molecular formula is C22H23N3O3. The number of amides is 2. The zero-order valence-corrected chi connectivity index (χ0v) is 15.9. The smallest absolute Gasteiger partial charge is 0.265 e. The minimum absolute atomic E-state index is 0.00506. The number of hydrogen-bond donors (Lipinski definition) is 1. The summed E-state index contributed by atoms with van der Waals surface area (Å²) in [7, 11) is 0. The number of nitrogens with zero attached hydrogens (tertiary/aromatic N) is 2. The molecule has 144 valence electrons. The molecule has 0 saturated carbocycles. The Balaban J connectivity index is 1.31. The van der Waals surface area contributed by atoms with Gasteiger partial charge in [0, 0.05) is 24.8 Å². The van der Waals surface area contributed by atoms with Crippen LogP contribution in [0.15, 0.2) is 54.7 Å². The van der Waals surface area contributed by atoms with Crippen LogP contribution in [0.5, 0.6) is 5.75 Å². The quantitative estimate of drug-likeness (QED) is 0.672. The summed E-state index contributed by atoms with van der Waals surface area (Å²) in [4.78, 5) is 26.1. The van der Waals surface area contributed by atoms with Gasteiger partial charge in [0.2, 0.25) is 5.91 Å². The maximum absolute atomic E-state index is 12.4. The average Bonchev–Trinajstić information content (AvgIpc) is 3.11. The molecule has 0 bridgehead atoms. The summed E-state index contributed by atoms with van der Waals surface area (Å²) in [6.45, 7) is 3.30. The van der Waals surface area contributed by atoms with Crippen molar-refractivity contribution >= 4 is 28.4 Å². The highest BCUT2D eigenvalue weighted by Crippen LogP contribution is 2.32. The summed E-state index contributed by atoms with van der Waals surface area (Å²) in [5.41, 5.74) is 2.87. The van der Waals surface area contributed by atoms with Crippen LogP contribution in [0.25, 0.3) is 10.9 Å². The van der Waals surface area contributed by atoms with E-state index in [9.17, 15) is 9.59 Å². The molecule has 0 aliphatic carbocycles. The number of carbonyl (C=O) groups is 2. The van der Waals surface area contributed by atoms with Crippen molar-refractivity contribution in [2.75, 3.05) is 24.6 Å². The molecule has 0 unspecified atom stereocenters. The molecule has 28 heavy (non-hydrogen) atoms. The maximum Gasteiger partial charge on any atom is 0.265 e. The molecule has 0 atom stereocenters. The van der Waals surface area contributed by atoms with E-state index in [1.165, 1.54) is 15.8 Å². The molecule has 6 heteroatoms. The third-order valence-electron chi connectivity index (χ3n) is 4.94. The van der Waals surface area contributed by atoms with Gasteiger partial charge in [0.05, 0.1) is 5.69 Å². The number of para-hydroxylation sites is 1. The largest absolute Gasteiger partial charge is 0.482 e. The van der Waals surface area contributed by atoms with Gasteiger partial charge in [-0.05, 0) is 48.6 Å². The molecule has 2 heterocycles. The molecule has 0 spiro atoms. The summed E-state index contributed by atoms with van der Waals surface area (Å²) in [5.74, 6) is 0.268. The Labute approximate surface area is 163 Å². The van der Waals surface area contributed by atoms with Gasteiger partial charge in [-0.1, -0.05) is 24.3 Å². The molecule has 1 aliphatic rings. The van der Waals surface area contributed by atoms with Gasteiger partial charge >= 0.3 is 0 Å². The van der Waals surface area contributed by atoms with Gasteiger partial charge in [-0.2, -0.15) is 0 Å². The zero-order chi connectivity index (χ0) is 19.5. The first-order valence-electron chi connectivity index (χ1n) is 9.46. The molecule has 2 aromatic carbocycles. The predicted octanol–water partition coefficient (Wildman–Crippen LogP) is 2.88. The molecule has 6 nitrogen and oxygen atoms in total. The fourth-order valence-corrected chi connectivity index (χ4v) is 3.50. The monoisotopic (exact) mass is 377 g/mol. The number of fused-ring (bicyclic) bond motifs is 2. The van der Waals surface area contributed by atoms with Crippen molar-refractivity contribution in [1.29, 1.82) is 0 Å². The van der Waals surface area contributed by atoms with Crippen LogP contribution in [-0.4, -0.2) is 36.1 Å². The van der Waals surface area contributed by atoms with Crippen LogP contribution in [-0.2, 0) is 16.1 Å². The Morgan fingerprint density at radius 1 is 1.18 bits per heavy atom. The van der Waals surface area contributed by atoms with E-state index in [4.69, 9.17) is 4.74 Å². The van der Waals surface area contributed by atoms with E-state index in [1.54, 1.807) is 0 Å². The van der Waals surface area contributed by atoms with Gasteiger partial charge in [0.1, 0.15) is 12.3 Å². The average molecular weight is 377 g/mol. The number of aryl methyl sites for hydroxylation is 2. The van der Waals surface area contributed by atoms with E-state index in [-0.39, 0.29) is 25.0 Å². The van der Waals surface area contributed by atoms with Crippen molar-refractivity contribution in [1.82, 2.24) is 9.88 Å². The van der Waals surface area contributed by atoms with Crippen LogP contribution >= 0.6 is 0 Å². The van der Waals surface area contributed by atoms with Crippen molar-refractivity contribution in [3.63, 3.8) is 0 Å². The van der Waals surface area contributed by atoms with Crippen molar-refractivity contribution in [3.8, 4) is 5.75 Å². The van der Waals surface area contributed by atoms with Crippen LogP contribution in [0.1, 0.15) is 12.0 Å². The Hall–Kier alpha value is -3.28. The molecule has 3 aromatic rings. The minimum atomic E-state index is -0.202. The normalized spacial score (nSPS) is 13.3. The highest BCUT2D eigenvalue weighted by molar-refractivity contribution is 6.02. The zero-order valence-electron chi connectivity index (χ0n) is 15.9. The number of carbonyl (C=O) groups excluding carboxylic acids is 2. The number of aromatic nitrogens is 1. The van der Waals surface area contributed by atoms with Crippen molar-refractivity contribution in [2.45, 2.75) is 19.9 Å². The fourth-order valence-electron chi connectivity index (χ4n) is 3.50. The molecule has 1 aromatic heterocycles. The number of nitrogens with one attached hydrogen (secondary N) is 1. The van der Waals surface area contributed by atoms with Crippen molar-refractivity contribution < 1.29 is 14.3 Å². The van der Waals surface area contributed by atoms with E-state index in [0.717, 1.165) is 18.5 Å². The second kappa shape index (κ2) is 7.76. The Bertz CT molecular complexity index is 1020. The highest BCUT2D eigenvalue weighted by Gasteiger charge is 2.27. The Morgan fingerprint density at radius 3 is 2.93 bits per heavy atom. The lowest BCUT2D eigenvalue weighted by molar-refractivity contribution is -0.125. The lowest BCUT2D eigenvalue weighted by Gasteiger charge is -2.29. The Kier molecular flexibility index (Phi) is 5.02. The van der Waals surface area contributed by atoms with Crippen LogP contribution in [0.2, 0.25) is 0 Å². The topological polar surface area (TPSA) is 63.6 Å². The van der Waals surface area contributed by atoms with Crippen LogP contribution in [0.3, 0.4) is 0 Å². The standard InChI is InChI=1S/C22H23N3O3/c1-16-7-8-20-19(13-16)25(22(27)15-28-20)14-21(26)23-10-4-11-24-12-9-17-5-2-3-6-18(17)24/h2-3,5-9,12-13H,4,10-11,14-15H2,1H3,(H,23,26). The van der Waals surface area contributed by atoms with Gasteiger partial charge in [-0.3, -0.25) is 14.5 Å². The molecule has 1 aliphatic heterocycles. The fraction of sp³-hybridized carbons (Fsp3) is 0.273. The number of rotatable bonds is 6. The molecule has 1 N–H and O–H groups in total. The second-order valence-electron chi connectivity index (χ2n) is 7.01. The molecular weight excluding hydrogens is 354 g/mol. The summed E-state index contributed by atoms with van der Waals surface area (Å²) in [6.07, 6.45) is 2.88. The Morgan fingerprint density at radius 2 is 2.04 bits per heavy atom. The molecule has 4 rings (SSSR count). The van der Waals surface area contributed by atoms with Gasteiger partial charge in [-0.25, -0.2) is 0 Å². The summed E-state index contributed by atoms with van der Waals surface area (Å²) in [5, 5.41) is 4.13.